The summed E-state index contributed by atoms with van der Waals surface area (Å²) < 4.78 is 7.65. The number of fused-ring (bicyclic) bond motifs is 4. The highest BCUT2D eigenvalue weighted by atomic mass is 16.6. The number of piperidine rings is 1. The van der Waals surface area contributed by atoms with Crippen LogP contribution in [0.3, 0.4) is 0 Å². The Hall–Kier alpha value is -3.34. The van der Waals surface area contributed by atoms with Gasteiger partial charge < -0.3 is 14.2 Å². The first-order chi connectivity index (χ1) is 15.8. The number of carbonyl (C=O) groups excluding carboxylic acids is 1. The Morgan fingerprint density at radius 1 is 0.879 bits per heavy atom. The van der Waals surface area contributed by atoms with Crippen LogP contribution in [0, 0.1) is 5.92 Å². The van der Waals surface area contributed by atoms with E-state index in [0.717, 1.165) is 34.4 Å². The monoisotopic (exact) mass is 442 g/mol. The van der Waals surface area contributed by atoms with Gasteiger partial charge in [-0.05, 0) is 50.3 Å². The van der Waals surface area contributed by atoms with Crippen LogP contribution in [0.5, 0.6) is 0 Å². The van der Waals surface area contributed by atoms with Gasteiger partial charge in [0, 0.05) is 42.4 Å². The van der Waals surface area contributed by atoms with E-state index in [1.165, 1.54) is 0 Å². The molecule has 2 aromatic carbocycles. The molecule has 5 rings (SSSR count). The number of benzene rings is 2. The number of aromatic nitrogens is 1. The molecule has 3 heterocycles. The molecule has 0 aliphatic carbocycles. The molecular weight excluding hydrogens is 412 g/mol. The van der Waals surface area contributed by atoms with Gasteiger partial charge in [-0.15, -0.1) is 0 Å². The van der Waals surface area contributed by atoms with Crippen LogP contribution in [0.2, 0.25) is 0 Å². The van der Waals surface area contributed by atoms with Gasteiger partial charge in [-0.25, -0.2) is 4.79 Å². The lowest BCUT2D eigenvalue weighted by Crippen LogP contribution is -2.50. The van der Waals surface area contributed by atoms with Crippen LogP contribution in [-0.4, -0.2) is 34.3 Å². The van der Waals surface area contributed by atoms with Gasteiger partial charge in [-0.3, -0.25) is 4.79 Å². The van der Waals surface area contributed by atoms with E-state index in [1.54, 1.807) is 0 Å². The second kappa shape index (κ2) is 8.22. The summed E-state index contributed by atoms with van der Waals surface area (Å²) in [4.78, 5) is 28.4. The maximum Gasteiger partial charge on any atom is 0.410 e. The van der Waals surface area contributed by atoms with Crippen LogP contribution in [0.15, 0.2) is 71.5 Å². The number of nitrogens with zero attached hydrogens (tertiary/aromatic N) is 2. The van der Waals surface area contributed by atoms with Crippen molar-refractivity contribution in [1.82, 2.24) is 9.47 Å². The zero-order chi connectivity index (χ0) is 23.2. The molecule has 5 heteroatoms. The van der Waals surface area contributed by atoms with Crippen LogP contribution < -0.4 is 5.56 Å². The molecular formula is C28H30N2O3. The second-order valence-electron chi connectivity index (χ2n) is 10.2. The molecule has 1 amide bonds. The van der Waals surface area contributed by atoms with E-state index in [9.17, 15) is 9.59 Å². The normalized spacial score (nSPS) is 19.7. The van der Waals surface area contributed by atoms with Gasteiger partial charge in [0.05, 0.1) is 0 Å². The first kappa shape index (κ1) is 21.5. The molecule has 0 radical (unpaired) electrons. The standard InChI is InChI=1S/C28H30N2O3/c1-28(2,3)33-27(32)29-16-19-14-22(18-29)25-23(20-10-6-4-7-11-20)15-24(26(31)30(25)17-19)21-12-8-5-9-13-21/h4-13,15,19,22H,14,16-18H2,1-3H3. The molecule has 33 heavy (non-hydrogen) atoms. The predicted molar refractivity (Wildman–Crippen MR) is 130 cm³/mol. The Morgan fingerprint density at radius 2 is 1.48 bits per heavy atom. The number of carbonyl (C=O) groups is 1. The number of rotatable bonds is 2. The Kier molecular flexibility index (Phi) is 5.35. The first-order valence-corrected chi connectivity index (χ1v) is 11.7. The summed E-state index contributed by atoms with van der Waals surface area (Å²) in [6, 6.07) is 22.2. The number of hydrogen-bond donors (Lipinski definition) is 0. The lowest BCUT2D eigenvalue weighted by molar-refractivity contribution is 0.0102. The van der Waals surface area contributed by atoms with Crippen molar-refractivity contribution in [2.75, 3.05) is 13.1 Å². The maximum atomic E-state index is 13.7. The van der Waals surface area contributed by atoms with Crippen molar-refractivity contribution in [2.45, 2.75) is 45.3 Å². The Labute approximate surface area is 194 Å². The zero-order valence-electron chi connectivity index (χ0n) is 19.5. The molecule has 2 bridgehead atoms. The van der Waals surface area contributed by atoms with Crippen LogP contribution in [0.25, 0.3) is 22.3 Å². The van der Waals surface area contributed by atoms with Gasteiger partial charge in [-0.2, -0.15) is 0 Å². The van der Waals surface area contributed by atoms with Crippen molar-refractivity contribution in [2.24, 2.45) is 5.92 Å². The van der Waals surface area contributed by atoms with Gasteiger partial charge >= 0.3 is 6.09 Å². The fraction of sp³-hybridized carbons (Fsp3) is 0.357. The van der Waals surface area contributed by atoms with E-state index in [-0.39, 0.29) is 23.5 Å². The van der Waals surface area contributed by atoms with Gasteiger partial charge in [0.2, 0.25) is 0 Å². The Bertz CT molecular complexity index is 1230. The lowest BCUT2D eigenvalue weighted by atomic mass is 9.80. The minimum atomic E-state index is -0.529. The quantitative estimate of drug-likeness (QED) is 0.524. The van der Waals surface area contributed by atoms with Crippen molar-refractivity contribution >= 4 is 6.09 Å². The smallest absolute Gasteiger partial charge is 0.410 e. The molecule has 1 fully saturated rings. The third kappa shape index (κ3) is 4.20. The fourth-order valence-electron chi connectivity index (χ4n) is 5.24. The summed E-state index contributed by atoms with van der Waals surface area (Å²) in [7, 11) is 0. The zero-order valence-corrected chi connectivity index (χ0v) is 19.5. The third-order valence-electron chi connectivity index (χ3n) is 6.52. The van der Waals surface area contributed by atoms with Gasteiger partial charge in [0.15, 0.2) is 0 Å². The first-order valence-electron chi connectivity index (χ1n) is 11.7. The third-order valence-corrected chi connectivity index (χ3v) is 6.52. The average molecular weight is 443 g/mol. The van der Waals surface area contributed by atoms with E-state index in [0.29, 0.717) is 19.6 Å². The van der Waals surface area contributed by atoms with E-state index < -0.39 is 5.60 Å². The topological polar surface area (TPSA) is 51.5 Å². The second-order valence-corrected chi connectivity index (χ2v) is 10.2. The molecule has 5 nitrogen and oxygen atoms in total. The lowest BCUT2D eigenvalue weighted by Gasteiger charge is -2.43. The summed E-state index contributed by atoms with van der Waals surface area (Å²) in [5, 5.41) is 0. The van der Waals surface area contributed by atoms with Crippen molar-refractivity contribution in [1.29, 1.82) is 0 Å². The highest BCUT2D eigenvalue weighted by Crippen LogP contribution is 2.41. The molecule has 2 unspecified atom stereocenters. The van der Waals surface area contributed by atoms with E-state index in [1.807, 2.05) is 84.8 Å². The summed E-state index contributed by atoms with van der Waals surface area (Å²) in [5.41, 5.74) is 4.38. The van der Waals surface area contributed by atoms with Gasteiger partial charge in [0.1, 0.15) is 5.60 Å². The molecule has 2 aliphatic rings. The minimum absolute atomic E-state index is 0.0521. The van der Waals surface area contributed by atoms with Gasteiger partial charge in [0.25, 0.3) is 5.56 Å². The molecule has 170 valence electrons. The summed E-state index contributed by atoms with van der Waals surface area (Å²) in [6.07, 6.45) is 0.707. The Balaban J connectivity index is 1.63. The maximum absolute atomic E-state index is 13.7. The molecule has 1 aromatic heterocycles. The minimum Gasteiger partial charge on any atom is -0.444 e. The number of amides is 1. The number of hydrogen-bond acceptors (Lipinski definition) is 3. The predicted octanol–water partition coefficient (Wildman–Crippen LogP) is 5.54. The molecule has 0 spiro atoms. The molecule has 1 saturated heterocycles. The van der Waals surface area contributed by atoms with Crippen LogP contribution in [0.4, 0.5) is 4.79 Å². The van der Waals surface area contributed by atoms with Crippen LogP contribution in [0.1, 0.15) is 38.8 Å². The number of pyridine rings is 1. The average Bonchev–Trinajstić information content (AvgIpc) is 2.79. The highest BCUT2D eigenvalue weighted by Gasteiger charge is 2.39. The highest BCUT2D eigenvalue weighted by molar-refractivity contribution is 5.75. The molecule has 0 saturated carbocycles. The van der Waals surface area contributed by atoms with Crippen molar-refractivity contribution in [3.63, 3.8) is 0 Å². The fourth-order valence-corrected chi connectivity index (χ4v) is 5.24. The van der Waals surface area contributed by atoms with Crippen molar-refractivity contribution in [3.8, 4) is 22.3 Å². The summed E-state index contributed by atoms with van der Waals surface area (Å²) in [6.45, 7) is 7.48. The summed E-state index contributed by atoms with van der Waals surface area (Å²) >= 11 is 0. The molecule has 2 aliphatic heterocycles. The molecule has 0 N–H and O–H groups in total. The van der Waals surface area contributed by atoms with E-state index >= 15 is 0 Å². The number of likely N-dealkylation sites (tertiary alicyclic amines) is 1. The summed E-state index contributed by atoms with van der Waals surface area (Å²) in [5.74, 6) is 0.328. The Morgan fingerprint density at radius 3 is 2.09 bits per heavy atom. The van der Waals surface area contributed by atoms with Crippen LogP contribution >= 0.6 is 0 Å². The van der Waals surface area contributed by atoms with Gasteiger partial charge in [-0.1, -0.05) is 60.7 Å². The molecule has 2 atom stereocenters. The molecule has 3 aromatic rings. The van der Waals surface area contributed by atoms with Crippen molar-refractivity contribution in [3.05, 3.63) is 82.8 Å². The van der Waals surface area contributed by atoms with Crippen LogP contribution in [-0.2, 0) is 11.3 Å². The SMILES string of the molecule is CC(C)(C)OC(=O)N1CC2CC(C1)c1c(-c3ccccc3)cc(-c3ccccc3)c(=O)n1C2. The van der Waals surface area contributed by atoms with E-state index in [2.05, 4.69) is 12.1 Å². The number of ether oxygens (including phenoxy) is 1. The largest absolute Gasteiger partial charge is 0.444 e. The van der Waals surface area contributed by atoms with E-state index in [4.69, 9.17) is 4.74 Å². The van der Waals surface area contributed by atoms with Crippen molar-refractivity contribution < 1.29 is 9.53 Å².